The third-order valence-corrected chi connectivity index (χ3v) is 6.77. The number of nitrogens with one attached hydrogen (secondary N) is 1. The second-order valence-electron chi connectivity index (χ2n) is 6.82. The first-order chi connectivity index (χ1) is 13.4. The average molecular weight is 405 g/mol. The number of carbonyl (C=O) groups excluding carboxylic acids is 1. The van der Waals surface area contributed by atoms with Gasteiger partial charge in [-0.1, -0.05) is 42.5 Å². The normalized spacial score (nSPS) is 17.2. The van der Waals surface area contributed by atoms with Crippen molar-refractivity contribution < 1.29 is 17.6 Å². The summed E-state index contributed by atoms with van der Waals surface area (Å²) < 4.78 is 40.4. The molecule has 1 fully saturated rings. The Morgan fingerprint density at radius 2 is 1.64 bits per heavy atom. The predicted octanol–water partition coefficient (Wildman–Crippen LogP) is 2.30. The number of anilines is 1. The molecule has 1 amide bonds. The van der Waals surface area contributed by atoms with E-state index >= 15 is 0 Å². The van der Waals surface area contributed by atoms with Gasteiger partial charge in [-0.05, 0) is 24.6 Å². The van der Waals surface area contributed by atoms with Gasteiger partial charge in [-0.2, -0.15) is 4.31 Å². The van der Waals surface area contributed by atoms with E-state index in [1.165, 1.54) is 16.4 Å². The van der Waals surface area contributed by atoms with E-state index in [0.29, 0.717) is 26.2 Å². The summed E-state index contributed by atoms with van der Waals surface area (Å²) in [4.78, 5) is 14.3. The van der Waals surface area contributed by atoms with Gasteiger partial charge in [0.15, 0.2) is 0 Å². The molecule has 8 heteroatoms. The highest BCUT2D eigenvalue weighted by Gasteiger charge is 2.31. The molecule has 1 unspecified atom stereocenters. The van der Waals surface area contributed by atoms with Gasteiger partial charge in [0.05, 0.1) is 17.5 Å². The quantitative estimate of drug-likeness (QED) is 0.801. The lowest BCUT2D eigenvalue weighted by Crippen LogP contribution is -2.54. The number of halogens is 1. The Morgan fingerprint density at radius 3 is 2.29 bits per heavy atom. The molecule has 1 atom stereocenters. The van der Waals surface area contributed by atoms with Crippen LogP contribution in [0.3, 0.4) is 0 Å². The number of amides is 1. The number of para-hydroxylation sites is 1. The summed E-state index contributed by atoms with van der Waals surface area (Å²) in [6.45, 7) is 3.28. The molecule has 1 aliphatic heterocycles. The molecule has 0 spiro atoms. The van der Waals surface area contributed by atoms with Gasteiger partial charge >= 0.3 is 0 Å². The molecule has 3 rings (SSSR count). The zero-order valence-electron chi connectivity index (χ0n) is 15.7. The van der Waals surface area contributed by atoms with E-state index in [1.807, 2.05) is 23.1 Å². The number of benzene rings is 2. The van der Waals surface area contributed by atoms with Crippen LogP contribution in [0, 0.1) is 5.82 Å². The van der Waals surface area contributed by atoms with Crippen molar-refractivity contribution in [2.75, 3.05) is 31.5 Å². The van der Waals surface area contributed by atoms with Crippen molar-refractivity contribution in [2.45, 2.75) is 18.7 Å². The summed E-state index contributed by atoms with van der Waals surface area (Å²) in [5.74, 6) is -0.831. The van der Waals surface area contributed by atoms with Gasteiger partial charge < -0.3 is 5.32 Å². The molecule has 0 aliphatic carbocycles. The van der Waals surface area contributed by atoms with Gasteiger partial charge in [0.25, 0.3) is 0 Å². The van der Waals surface area contributed by atoms with E-state index in [2.05, 4.69) is 5.32 Å². The molecular formula is C20H24FN3O3S. The molecule has 0 radical (unpaired) electrons. The van der Waals surface area contributed by atoms with Crippen molar-refractivity contribution in [2.24, 2.45) is 0 Å². The maximum atomic E-state index is 13.7. The first-order valence-corrected chi connectivity index (χ1v) is 10.8. The minimum Gasteiger partial charge on any atom is -0.322 e. The molecule has 2 aromatic carbocycles. The molecule has 0 aromatic heterocycles. The molecular weight excluding hydrogens is 381 g/mol. The smallest absolute Gasteiger partial charge is 0.241 e. The van der Waals surface area contributed by atoms with Gasteiger partial charge in [0.2, 0.25) is 15.9 Å². The summed E-state index contributed by atoms with van der Waals surface area (Å²) in [6.07, 6.45) is 0. The highest BCUT2D eigenvalue weighted by Crippen LogP contribution is 2.17. The van der Waals surface area contributed by atoms with Crippen LogP contribution in [0.15, 0.2) is 54.6 Å². The average Bonchev–Trinajstić information content (AvgIpc) is 2.69. The van der Waals surface area contributed by atoms with Crippen molar-refractivity contribution >= 4 is 21.6 Å². The fourth-order valence-electron chi connectivity index (χ4n) is 3.21. The van der Waals surface area contributed by atoms with Crippen LogP contribution in [0.5, 0.6) is 0 Å². The second-order valence-corrected chi connectivity index (χ2v) is 8.79. The number of carbonyl (C=O) groups is 1. The van der Waals surface area contributed by atoms with Gasteiger partial charge in [0.1, 0.15) is 5.82 Å². The number of hydrogen-bond donors (Lipinski definition) is 1. The van der Waals surface area contributed by atoms with Crippen LogP contribution in [-0.2, 0) is 20.6 Å². The molecule has 1 saturated heterocycles. The molecule has 28 heavy (non-hydrogen) atoms. The van der Waals surface area contributed by atoms with Crippen molar-refractivity contribution in [1.29, 1.82) is 0 Å². The summed E-state index contributed by atoms with van der Waals surface area (Å²) >= 11 is 0. The Hall–Kier alpha value is -2.29. The minimum atomic E-state index is -3.40. The van der Waals surface area contributed by atoms with Crippen LogP contribution in [0.4, 0.5) is 10.1 Å². The zero-order valence-corrected chi connectivity index (χ0v) is 16.5. The van der Waals surface area contributed by atoms with Gasteiger partial charge in [-0.15, -0.1) is 0 Å². The molecule has 0 bridgehead atoms. The van der Waals surface area contributed by atoms with Crippen LogP contribution in [0.25, 0.3) is 0 Å². The van der Waals surface area contributed by atoms with E-state index in [4.69, 9.17) is 0 Å². The van der Waals surface area contributed by atoms with Crippen LogP contribution in [-0.4, -0.2) is 55.8 Å². The maximum Gasteiger partial charge on any atom is 0.241 e. The molecule has 2 aromatic rings. The monoisotopic (exact) mass is 405 g/mol. The number of rotatable bonds is 6. The van der Waals surface area contributed by atoms with Crippen molar-refractivity contribution in [3.63, 3.8) is 0 Å². The molecule has 1 heterocycles. The Balaban J connectivity index is 1.55. The largest absolute Gasteiger partial charge is 0.322 e. The van der Waals surface area contributed by atoms with E-state index in [-0.39, 0.29) is 17.3 Å². The first-order valence-electron chi connectivity index (χ1n) is 9.18. The standard InChI is InChI=1S/C20H24FN3O3S/c1-16(20(25)22-19-10-6-5-9-18(19)21)23-11-13-24(14-12-23)28(26,27)15-17-7-3-2-4-8-17/h2-10,16H,11-15H2,1H3,(H,22,25). The lowest BCUT2D eigenvalue weighted by molar-refractivity contribution is -0.121. The molecule has 0 saturated carbocycles. The number of hydrogen-bond acceptors (Lipinski definition) is 4. The predicted molar refractivity (Wildman–Crippen MR) is 107 cm³/mol. The topological polar surface area (TPSA) is 69.7 Å². The zero-order chi connectivity index (χ0) is 20.1. The lowest BCUT2D eigenvalue weighted by Gasteiger charge is -2.36. The second kappa shape index (κ2) is 8.81. The first kappa shape index (κ1) is 20.4. The third-order valence-electron chi connectivity index (χ3n) is 4.92. The summed E-state index contributed by atoms with van der Waals surface area (Å²) in [5, 5.41) is 2.59. The highest BCUT2D eigenvalue weighted by molar-refractivity contribution is 7.88. The Labute approximate surface area is 165 Å². The van der Waals surface area contributed by atoms with Gasteiger partial charge in [-0.3, -0.25) is 9.69 Å². The van der Waals surface area contributed by atoms with Crippen molar-refractivity contribution in [3.05, 3.63) is 66.0 Å². The third kappa shape index (κ3) is 4.95. The summed E-state index contributed by atoms with van der Waals surface area (Å²) in [6, 6.07) is 14.6. The molecule has 1 N–H and O–H groups in total. The molecule has 1 aliphatic rings. The Morgan fingerprint density at radius 1 is 1.04 bits per heavy atom. The fraction of sp³-hybridized carbons (Fsp3) is 0.350. The van der Waals surface area contributed by atoms with Gasteiger partial charge in [0, 0.05) is 26.2 Å². The fourth-order valence-corrected chi connectivity index (χ4v) is 4.73. The highest BCUT2D eigenvalue weighted by atomic mass is 32.2. The minimum absolute atomic E-state index is 0.0306. The molecule has 150 valence electrons. The SMILES string of the molecule is CC(C(=O)Nc1ccccc1F)N1CCN(S(=O)(=O)Cc2ccccc2)CC1. The van der Waals surface area contributed by atoms with Crippen LogP contribution < -0.4 is 5.32 Å². The van der Waals surface area contributed by atoms with E-state index in [0.717, 1.165) is 5.56 Å². The number of nitrogens with zero attached hydrogens (tertiary/aromatic N) is 2. The maximum absolute atomic E-state index is 13.7. The van der Waals surface area contributed by atoms with Crippen molar-refractivity contribution in [1.82, 2.24) is 9.21 Å². The number of piperazine rings is 1. The Bertz CT molecular complexity index is 913. The number of sulfonamides is 1. The summed E-state index contributed by atoms with van der Waals surface area (Å²) in [5.41, 5.74) is 0.894. The van der Waals surface area contributed by atoms with Crippen LogP contribution >= 0.6 is 0 Å². The Kier molecular flexibility index (Phi) is 6.43. The van der Waals surface area contributed by atoms with Crippen LogP contribution in [0.2, 0.25) is 0 Å². The van der Waals surface area contributed by atoms with Gasteiger partial charge in [-0.25, -0.2) is 12.8 Å². The molecule has 6 nitrogen and oxygen atoms in total. The van der Waals surface area contributed by atoms with E-state index < -0.39 is 21.9 Å². The summed E-state index contributed by atoms with van der Waals surface area (Å²) in [7, 11) is -3.40. The van der Waals surface area contributed by atoms with E-state index in [9.17, 15) is 17.6 Å². The van der Waals surface area contributed by atoms with Crippen LogP contribution in [0.1, 0.15) is 12.5 Å². The lowest BCUT2D eigenvalue weighted by atomic mass is 10.2. The van der Waals surface area contributed by atoms with E-state index in [1.54, 1.807) is 31.2 Å². The van der Waals surface area contributed by atoms with Crippen molar-refractivity contribution in [3.8, 4) is 0 Å².